The number of carboxylic acid groups (broad SMARTS) is 1. The molecule has 7 heteroatoms. The highest BCUT2D eigenvalue weighted by molar-refractivity contribution is 6.27. The van der Waals surface area contributed by atoms with Gasteiger partial charge in [-0.15, -0.1) is 0 Å². The summed E-state index contributed by atoms with van der Waals surface area (Å²) in [5.41, 5.74) is 2.82. The van der Waals surface area contributed by atoms with Gasteiger partial charge in [0.1, 0.15) is 13.3 Å². The zero-order chi connectivity index (χ0) is 12.5. The van der Waals surface area contributed by atoms with Crippen LogP contribution in [0.2, 0.25) is 0 Å². The number of rotatable bonds is 3. The molecule has 0 bridgehead atoms. The molecule has 0 amide bonds. The Morgan fingerprint density at radius 3 is 2.38 bits per heavy atom. The van der Waals surface area contributed by atoms with Gasteiger partial charge in [0.15, 0.2) is 11.5 Å². The summed E-state index contributed by atoms with van der Waals surface area (Å²) in [5.74, 6) is -2.49. The summed E-state index contributed by atoms with van der Waals surface area (Å²) < 4.78 is 0. The van der Waals surface area contributed by atoms with Crippen LogP contribution in [-0.4, -0.2) is 39.7 Å². The van der Waals surface area contributed by atoms with E-state index in [2.05, 4.69) is 0 Å². The van der Waals surface area contributed by atoms with Crippen molar-refractivity contribution in [3.63, 3.8) is 0 Å². The molecule has 0 saturated carbocycles. The second kappa shape index (κ2) is 4.03. The molecule has 0 aliphatic heterocycles. The lowest BCUT2D eigenvalue weighted by Crippen LogP contribution is -2.53. The number of aromatic hydroxyl groups is 2. The van der Waals surface area contributed by atoms with E-state index in [1.54, 1.807) is 0 Å². The summed E-state index contributed by atoms with van der Waals surface area (Å²) in [7, 11) is 5.21. The molecule has 0 unspecified atom stereocenters. The molecule has 0 heterocycles. The van der Waals surface area contributed by atoms with Crippen molar-refractivity contribution in [3.8, 4) is 11.5 Å². The highest BCUT2D eigenvalue weighted by Gasteiger charge is 2.37. The lowest BCUT2D eigenvalue weighted by atomic mass is 9.72. The van der Waals surface area contributed by atoms with Gasteiger partial charge in [-0.05, 0) is 17.7 Å². The Balaban J connectivity index is 3.10. The molecule has 1 rings (SSSR count). The third kappa shape index (κ3) is 2.10. The monoisotopic (exact) mass is 223 g/mol. The van der Waals surface area contributed by atoms with Crippen molar-refractivity contribution in [2.24, 2.45) is 5.73 Å². The number of phenolic OH excluding ortho intramolecular Hbond substituents is 2. The van der Waals surface area contributed by atoms with E-state index in [4.69, 9.17) is 28.9 Å². The number of benzene rings is 1. The first-order valence-corrected chi connectivity index (χ1v) is 4.28. The number of nitrogens with two attached hydrogens (primary N) is 1. The van der Waals surface area contributed by atoms with Gasteiger partial charge in [-0.2, -0.15) is 0 Å². The molecule has 6 nitrogen and oxygen atoms in total. The summed E-state index contributed by atoms with van der Waals surface area (Å²) in [6, 6.07) is 3.28. The highest BCUT2D eigenvalue weighted by atomic mass is 16.4. The van der Waals surface area contributed by atoms with Crippen LogP contribution in [0.5, 0.6) is 11.5 Å². The van der Waals surface area contributed by atoms with Crippen LogP contribution in [0.25, 0.3) is 0 Å². The van der Waals surface area contributed by atoms with Crippen LogP contribution in [0, 0.1) is 0 Å². The topological polar surface area (TPSA) is 124 Å². The lowest BCUT2D eigenvalue weighted by molar-refractivity contribution is -0.143. The van der Waals surface area contributed by atoms with E-state index >= 15 is 0 Å². The van der Waals surface area contributed by atoms with Crippen LogP contribution in [0.15, 0.2) is 18.2 Å². The van der Waals surface area contributed by atoms with Crippen LogP contribution in [0.4, 0.5) is 0 Å². The number of aliphatic hydroxyl groups excluding tert-OH is 1. The lowest BCUT2D eigenvalue weighted by Gasteiger charge is -2.26. The maximum atomic E-state index is 10.7. The normalized spacial score (nSPS) is 16.4. The van der Waals surface area contributed by atoms with Crippen molar-refractivity contribution >= 4 is 13.8 Å². The van der Waals surface area contributed by atoms with Crippen molar-refractivity contribution in [3.05, 3.63) is 23.8 Å². The Hall–Kier alpha value is -1.73. The average molecular weight is 223 g/mol. The smallest absolute Gasteiger partial charge is 0.317 e. The van der Waals surface area contributed by atoms with Gasteiger partial charge in [0, 0.05) is 0 Å². The molecule has 0 saturated heterocycles. The van der Waals surface area contributed by atoms with Crippen LogP contribution in [-0.2, 0) is 4.79 Å². The zero-order valence-corrected chi connectivity index (χ0v) is 8.16. The van der Waals surface area contributed by atoms with Gasteiger partial charge >= 0.3 is 5.97 Å². The molecule has 6 N–H and O–H groups in total. The van der Waals surface area contributed by atoms with Crippen molar-refractivity contribution in [1.82, 2.24) is 0 Å². The quantitative estimate of drug-likeness (QED) is 0.332. The number of hydrogen-bond acceptors (Lipinski definition) is 5. The molecular formula is C9H10BNO5. The van der Waals surface area contributed by atoms with E-state index < -0.39 is 29.0 Å². The van der Waals surface area contributed by atoms with E-state index in [-0.39, 0.29) is 5.56 Å². The molecule has 1 aromatic carbocycles. The van der Waals surface area contributed by atoms with E-state index in [9.17, 15) is 9.90 Å². The third-order valence-electron chi connectivity index (χ3n) is 2.14. The molecule has 84 valence electrons. The summed E-state index contributed by atoms with van der Waals surface area (Å²) in [6.45, 7) is 0. The minimum Gasteiger partial charge on any atom is -0.504 e. The van der Waals surface area contributed by atoms with Gasteiger partial charge in [-0.1, -0.05) is 6.07 Å². The van der Waals surface area contributed by atoms with Crippen molar-refractivity contribution in [2.45, 2.75) is 11.5 Å². The fourth-order valence-electron chi connectivity index (χ4n) is 1.10. The fraction of sp³-hybridized carbons (Fsp3) is 0.222. The zero-order valence-electron chi connectivity index (χ0n) is 8.16. The predicted octanol–water partition coefficient (Wildman–Crippen LogP) is -0.961. The van der Waals surface area contributed by atoms with Crippen LogP contribution < -0.4 is 5.73 Å². The first-order chi connectivity index (χ1) is 7.26. The Morgan fingerprint density at radius 2 is 1.94 bits per heavy atom. The second-order valence-electron chi connectivity index (χ2n) is 3.39. The van der Waals surface area contributed by atoms with Gasteiger partial charge in [-0.25, -0.2) is 0 Å². The molecule has 0 aliphatic rings. The Bertz CT molecular complexity index is 420. The fourth-order valence-corrected chi connectivity index (χ4v) is 1.10. The van der Waals surface area contributed by atoms with Crippen LogP contribution in [0.3, 0.4) is 0 Å². The molecule has 2 radical (unpaired) electrons. The molecule has 0 aromatic heterocycles. The van der Waals surface area contributed by atoms with E-state index in [0.29, 0.717) is 0 Å². The van der Waals surface area contributed by atoms with Gasteiger partial charge in [-0.3, -0.25) is 4.79 Å². The molecule has 0 spiro atoms. The van der Waals surface area contributed by atoms with Crippen molar-refractivity contribution in [1.29, 1.82) is 0 Å². The maximum Gasteiger partial charge on any atom is 0.317 e. The second-order valence-corrected chi connectivity index (χ2v) is 3.39. The number of hydrogen-bond donors (Lipinski definition) is 5. The Kier molecular flexibility index (Phi) is 3.11. The number of carbonyl (C=O) groups is 1. The number of aliphatic carboxylic acids is 1. The Morgan fingerprint density at radius 1 is 1.38 bits per heavy atom. The molecule has 0 fully saturated rings. The summed E-state index contributed by atoms with van der Waals surface area (Å²) in [6.07, 6.45) is -1.71. The first kappa shape index (κ1) is 12.3. The minimum absolute atomic E-state index is 0.0114. The molecule has 0 aliphatic carbocycles. The molecule has 16 heavy (non-hydrogen) atoms. The SMILES string of the molecule is [B][C@@](N)(C(=O)O)[C@H](O)c1ccc(O)c(O)c1. The van der Waals surface area contributed by atoms with E-state index in [1.165, 1.54) is 6.07 Å². The third-order valence-corrected chi connectivity index (χ3v) is 2.14. The largest absolute Gasteiger partial charge is 0.504 e. The average Bonchev–Trinajstić information content (AvgIpc) is 2.20. The van der Waals surface area contributed by atoms with Gasteiger partial charge < -0.3 is 26.2 Å². The number of aliphatic hydroxyl groups is 1. The van der Waals surface area contributed by atoms with Crippen molar-refractivity contribution in [2.75, 3.05) is 0 Å². The van der Waals surface area contributed by atoms with Gasteiger partial charge in [0.25, 0.3) is 0 Å². The number of carboxylic acids is 1. The van der Waals surface area contributed by atoms with E-state index in [0.717, 1.165) is 12.1 Å². The highest BCUT2D eigenvalue weighted by Crippen LogP contribution is 2.30. The first-order valence-electron chi connectivity index (χ1n) is 4.28. The van der Waals surface area contributed by atoms with Gasteiger partial charge in [0.05, 0.1) is 6.10 Å². The minimum atomic E-state index is -2.37. The predicted molar refractivity (Wildman–Crippen MR) is 55.0 cm³/mol. The molecule has 1 aromatic rings. The summed E-state index contributed by atoms with van der Waals surface area (Å²) >= 11 is 0. The summed E-state index contributed by atoms with van der Waals surface area (Å²) in [5, 5.41) is 36.5. The van der Waals surface area contributed by atoms with Gasteiger partial charge in [0.2, 0.25) is 0 Å². The maximum absolute atomic E-state index is 10.7. The molecular weight excluding hydrogens is 213 g/mol. The Labute approximate surface area is 92.4 Å². The standard InChI is InChI=1S/C9H10BNO5/c10-9(11,8(15)16)7(14)4-1-2-5(12)6(13)3-4/h1-3,7,12-14H,11H2,(H,15,16)/t7-,9+/m1/s1. The van der Waals surface area contributed by atoms with Crippen LogP contribution in [0.1, 0.15) is 11.7 Å². The van der Waals surface area contributed by atoms with Crippen molar-refractivity contribution < 1.29 is 25.2 Å². The van der Waals surface area contributed by atoms with E-state index in [1.807, 2.05) is 0 Å². The summed E-state index contributed by atoms with van der Waals surface area (Å²) in [4.78, 5) is 10.7. The molecule has 2 atom stereocenters. The van der Waals surface area contributed by atoms with Crippen LogP contribution >= 0.6 is 0 Å². The number of phenols is 2.